The summed E-state index contributed by atoms with van der Waals surface area (Å²) in [5.41, 5.74) is 1.61. The van der Waals surface area contributed by atoms with Crippen LogP contribution in [0.25, 0.3) is 0 Å². The van der Waals surface area contributed by atoms with Crippen molar-refractivity contribution in [2.24, 2.45) is 0 Å². The minimum absolute atomic E-state index is 0.0302. The topological polar surface area (TPSA) is 85.4 Å². The number of carbonyl (C=O) groups is 1. The minimum atomic E-state index is -0.511. The Labute approximate surface area is 161 Å². The highest BCUT2D eigenvalue weighted by molar-refractivity contribution is 5.83. The van der Waals surface area contributed by atoms with Crippen LogP contribution in [0.15, 0.2) is 71.3 Å². The Kier molecular flexibility index (Phi) is 6.16. The first-order chi connectivity index (χ1) is 13.5. The number of non-ortho nitro benzene ring substituents is 1. The van der Waals surface area contributed by atoms with Crippen LogP contribution < -0.4 is 5.32 Å². The number of nitro groups is 1. The highest BCUT2D eigenvalue weighted by Crippen LogP contribution is 2.22. The van der Waals surface area contributed by atoms with Crippen LogP contribution in [0.1, 0.15) is 22.8 Å². The number of benzene rings is 2. The number of nitrogens with one attached hydrogen (secondary N) is 1. The van der Waals surface area contributed by atoms with Gasteiger partial charge in [-0.15, -0.1) is 0 Å². The van der Waals surface area contributed by atoms with E-state index in [-0.39, 0.29) is 17.4 Å². The third-order valence-corrected chi connectivity index (χ3v) is 4.43. The molecule has 0 fully saturated rings. The third kappa shape index (κ3) is 5.03. The maximum absolute atomic E-state index is 13.2. The van der Waals surface area contributed by atoms with E-state index in [2.05, 4.69) is 5.32 Å². The van der Waals surface area contributed by atoms with Gasteiger partial charge >= 0.3 is 0 Å². The van der Waals surface area contributed by atoms with Crippen molar-refractivity contribution in [2.45, 2.75) is 18.8 Å². The maximum Gasteiger partial charge on any atom is 0.269 e. The molecule has 0 bridgehead atoms. The molecule has 0 saturated carbocycles. The molecule has 0 aliphatic rings. The number of rotatable bonds is 8. The average Bonchev–Trinajstić information content (AvgIpc) is 3.20. The van der Waals surface area contributed by atoms with Gasteiger partial charge in [0.2, 0.25) is 5.91 Å². The number of hydrogen-bond donors (Lipinski definition) is 1. The average molecular weight is 382 g/mol. The Morgan fingerprint density at radius 3 is 2.43 bits per heavy atom. The first-order valence-electron chi connectivity index (χ1n) is 8.82. The second-order valence-corrected chi connectivity index (χ2v) is 6.35. The standard InChI is InChI=1S/C21H19FN2O4/c22-17-7-5-16(6-8-17)20(14-19-2-1-13-28-19)21(25)23-12-11-15-3-9-18(10-4-15)24(26)27/h1-10,13,20H,11-12,14H2,(H,23,25). The van der Waals surface area contributed by atoms with Crippen molar-refractivity contribution < 1.29 is 18.5 Å². The monoisotopic (exact) mass is 382 g/mol. The van der Waals surface area contributed by atoms with Gasteiger partial charge < -0.3 is 9.73 Å². The molecule has 0 spiro atoms. The van der Waals surface area contributed by atoms with Crippen molar-refractivity contribution in [3.63, 3.8) is 0 Å². The van der Waals surface area contributed by atoms with Gasteiger partial charge in [0.05, 0.1) is 17.1 Å². The predicted molar refractivity (Wildman–Crippen MR) is 101 cm³/mol. The number of nitrogens with zero attached hydrogens (tertiary/aromatic N) is 1. The van der Waals surface area contributed by atoms with E-state index in [0.717, 1.165) is 5.56 Å². The molecule has 0 aliphatic heterocycles. The van der Waals surface area contributed by atoms with Crippen LogP contribution in [-0.2, 0) is 17.6 Å². The van der Waals surface area contributed by atoms with Crippen molar-refractivity contribution >= 4 is 11.6 Å². The van der Waals surface area contributed by atoms with Crippen molar-refractivity contribution in [1.82, 2.24) is 5.32 Å². The number of amides is 1. The quantitative estimate of drug-likeness (QED) is 0.471. The van der Waals surface area contributed by atoms with Gasteiger partial charge in [-0.25, -0.2) is 4.39 Å². The van der Waals surface area contributed by atoms with Crippen LogP contribution in [0.4, 0.5) is 10.1 Å². The molecule has 0 radical (unpaired) electrons. The summed E-state index contributed by atoms with van der Waals surface area (Å²) in [6.07, 6.45) is 2.45. The van der Waals surface area contributed by atoms with Gasteiger partial charge in [0.15, 0.2) is 0 Å². The van der Waals surface area contributed by atoms with Crippen LogP contribution in [0, 0.1) is 15.9 Å². The van der Waals surface area contributed by atoms with Gasteiger partial charge in [0.1, 0.15) is 11.6 Å². The lowest BCUT2D eigenvalue weighted by Gasteiger charge is -2.16. The molecule has 1 heterocycles. The van der Waals surface area contributed by atoms with E-state index in [1.54, 1.807) is 42.7 Å². The Balaban J connectivity index is 1.63. The smallest absolute Gasteiger partial charge is 0.269 e. The normalized spacial score (nSPS) is 11.8. The zero-order valence-corrected chi connectivity index (χ0v) is 15.0. The molecule has 6 nitrogen and oxygen atoms in total. The molecular weight excluding hydrogens is 363 g/mol. The van der Waals surface area contributed by atoms with Crippen molar-refractivity contribution in [1.29, 1.82) is 0 Å². The molecule has 3 aromatic rings. The molecule has 144 valence electrons. The highest BCUT2D eigenvalue weighted by atomic mass is 19.1. The molecule has 28 heavy (non-hydrogen) atoms. The third-order valence-electron chi connectivity index (χ3n) is 4.43. The van der Waals surface area contributed by atoms with Crippen molar-refractivity contribution in [3.8, 4) is 0 Å². The molecule has 1 aromatic heterocycles. The number of furan rings is 1. The predicted octanol–water partition coefficient (Wildman–Crippen LogP) is 4.01. The molecule has 1 amide bonds. The lowest BCUT2D eigenvalue weighted by molar-refractivity contribution is -0.384. The summed E-state index contributed by atoms with van der Waals surface area (Å²) in [5.74, 6) is -0.396. The Bertz CT molecular complexity index is 922. The van der Waals surface area contributed by atoms with Crippen LogP contribution in [-0.4, -0.2) is 17.4 Å². The lowest BCUT2D eigenvalue weighted by Crippen LogP contribution is -2.32. The van der Waals surface area contributed by atoms with Gasteiger partial charge in [-0.2, -0.15) is 0 Å². The second-order valence-electron chi connectivity index (χ2n) is 6.35. The zero-order chi connectivity index (χ0) is 19.9. The van der Waals surface area contributed by atoms with E-state index >= 15 is 0 Å². The van der Waals surface area contributed by atoms with Crippen LogP contribution in [0.3, 0.4) is 0 Å². The second kappa shape index (κ2) is 8.94. The summed E-state index contributed by atoms with van der Waals surface area (Å²) >= 11 is 0. The maximum atomic E-state index is 13.2. The SMILES string of the molecule is O=C(NCCc1ccc([N+](=O)[O-])cc1)C(Cc1ccco1)c1ccc(F)cc1. The van der Waals surface area contributed by atoms with E-state index in [1.807, 2.05) is 0 Å². The number of nitro benzene ring substituents is 1. The fourth-order valence-corrected chi connectivity index (χ4v) is 2.92. The molecule has 3 rings (SSSR count). The molecule has 2 aromatic carbocycles. The van der Waals surface area contributed by atoms with E-state index < -0.39 is 10.8 Å². The molecule has 1 N–H and O–H groups in total. The lowest BCUT2D eigenvalue weighted by atomic mass is 9.93. The molecule has 7 heteroatoms. The summed E-state index contributed by atoms with van der Waals surface area (Å²) in [6, 6.07) is 15.6. The summed E-state index contributed by atoms with van der Waals surface area (Å²) in [7, 11) is 0. The largest absolute Gasteiger partial charge is 0.469 e. The van der Waals surface area contributed by atoms with Gasteiger partial charge in [-0.3, -0.25) is 14.9 Å². The Hall–Kier alpha value is -3.48. The van der Waals surface area contributed by atoms with Crippen LogP contribution >= 0.6 is 0 Å². The molecule has 1 atom stereocenters. The first kappa shape index (κ1) is 19.3. The fraction of sp³-hybridized carbons (Fsp3) is 0.190. The number of halogens is 1. The van der Waals surface area contributed by atoms with Gasteiger partial charge in [-0.1, -0.05) is 24.3 Å². The van der Waals surface area contributed by atoms with E-state index in [0.29, 0.717) is 30.7 Å². The van der Waals surface area contributed by atoms with Gasteiger partial charge in [-0.05, 0) is 41.8 Å². The number of hydrogen-bond acceptors (Lipinski definition) is 4. The number of carbonyl (C=O) groups excluding carboxylic acids is 1. The first-order valence-corrected chi connectivity index (χ1v) is 8.82. The van der Waals surface area contributed by atoms with Crippen molar-refractivity contribution in [3.05, 3.63) is 99.7 Å². The van der Waals surface area contributed by atoms with Gasteiger partial charge in [0.25, 0.3) is 5.69 Å². The van der Waals surface area contributed by atoms with Crippen molar-refractivity contribution in [2.75, 3.05) is 6.54 Å². The molecule has 1 unspecified atom stereocenters. The molecule has 0 saturated heterocycles. The molecular formula is C21H19FN2O4. The summed E-state index contributed by atoms with van der Waals surface area (Å²) in [6.45, 7) is 0.381. The minimum Gasteiger partial charge on any atom is -0.469 e. The highest BCUT2D eigenvalue weighted by Gasteiger charge is 2.22. The van der Waals surface area contributed by atoms with Crippen LogP contribution in [0.5, 0.6) is 0 Å². The summed E-state index contributed by atoms with van der Waals surface area (Å²) < 4.78 is 18.6. The Morgan fingerprint density at radius 2 is 1.82 bits per heavy atom. The van der Waals surface area contributed by atoms with Gasteiger partial charge in [0, 0.05) is 25.1 Å². The molecule has 0 aliphatic carbocycles. The Morgan fingerprint density at radius 1 is 1.11 bits per heavy atom. The van der Waals surface area contributed by atoms with Crippen LogP contribution in [0.2, 0.25) is 0 Å². The summed E-state index contributed by atoms with van der Waals surface area (Å²) in [4.78, 5) is 23.0. The summed E-state index contributed by atoms with van der Waals surface area (Å²) in [5, 5.41) is 13.6. The van der Waals surface area contributed by atoms with E-state index in [4.69, 9.17) is 4.42 Å². The van der Waals surface area contributed by atoms with E-state index in [9.17, 15) is 19.3 Å². The van der Waals surface area contributed by atoms with E-state index in [1.165, 1.54) is 24.3 Å². The zero-order valence-electron chi connectivity index (χ0n) is 15.0. The fourth-order valence-electron chi connectivity index (χ4n) is 2.92.